The number of piperidine rings is 1. The maximum absolute atomic E-state index is 13.5. The van der Waals surface area contributed by atoms with Crippen molar-refractivity contribution in [2.75, 3.05) is 32.7 Å². The molecule has 0 aromatic heterocycles. The van der Waals surface area contributed by atoms with Gasteiger partial charge in [0.15, 0.2) is 9.84 Å². The van der Waals surface area contributed by atoms with Crippen LogP contribution in [0.15, 0.2) is 59.0 Å². The third-order valence-electron chi connectivity index (χ3n) is 7.39. The Kier molecular flexibility index (Phi) is 8.26. The van der Waals surface area contributed by atoms with Crippen molar-refractivity contribution in [3.8, 4) is 0 Å². The number of rotatable bonds is 5. The van der Waals surface area contributed by atoms with Crippen molar-refractivity contribution in [1.82, 2.24) is 9.80 Å². The molecule has 1 unspecified atom stereocenters. The standard InChI is InChI=1S/C28H35F3N2O4S/c1-27(2,3)38(35,36)23-6-4-5-21(9-12-23)26(34)33-15-13-28(14-16-33)19-32(18-25(30)31)17-24(37-28)20-7-10-22(29)11-8-20/h4,6-12,24-25H,5,13-19H2,1-3H3. The largest absolute Gasteiger partial charge is 0.364 e. The van der Waals surface area contributed by atoms with Crippen LogP contribution in [0.25, 0.3) is 0 Å². The number of alkyl halides is 2. The second-order valence-electron chi connectivity index (χ2n) is 11.2. The molecular formula is C28H35F3N2O4S. The van der Waals surface area contributed by atoms with Gasteiger partial charge in [-0.25, -0.2) is 21.6 Å². The van der Waals surface area contributed by atoms with Gasteiger partial charge < -0.3 is 9.64 Å². The fourth-order valence-electron chi connectivity index (χ4n) is 5.16. The Bertz CT molecular complexity index is 1230. The van der Waals surface area contributed by atoms with Crippen LogP contribution in [0.2, 0.25) is 0 Å². The van der Waals surface area contributed by atoms with Gasteiger partial charge >= 0.3 is 0 Å². The molecule has 4 rings (SSSR count). The molecule has 3 aliphatic rings. The first kappa shape index (κ1) is 28.6. The Hall–Kier alpha value is -2.43. The van der Waals surface area contributed by atoms with Crippen molar-refractivity contribution in [3.05, 3.63) is 70.4 Å². The van der Waals surface area contributed by atoms with E-state index < -0.39 is 32.7 Å². The summed E-state index contributed by atoms with van der Waals surface area (Å²) in [4.78, 5) is 16.9. The van der Waals surface area contributed by atoms with Gasteiger partial charge in [0, 0.05) is 31.8 Å². The number of carbonyl (C=O) groups is 1. The van der Waals surface area contributed by atoms with Crippen LogP contribution in [-0.2, 0) is 19.4 Å². The molecule has 2 heterocycles. The number of halogens is 3. The van der Waals surface area contributed by atoms with Gasteiger partial charge in [0.1, 0.15) is 5.82 Å². The Balaban J connectivity index is 1.47. The van der Waals surface area contributed by atoms with E-state index in [9.17, 15) is 26.4 Å². The van der Waals surface area contributed by atoms with Crippen LogP contribution in [0.5, 0.6) is 0 Å². The minimum absolute atomic E-state index is 0.173. The third kappa shape index (κ3) is 6.24. The fourth-order valence-corrected chi connectivity index (χ4v) is 6.39. The second kappa shape index (κ2) is 11.0. The molecule has 1 aliphatic carbocycles. The molecule has 1 aromatic rings. The van der Waals surface area contributed by atoms with Gasteiger partial charge in [0.2, 0.25) is 5.91 Å². The van der Waals surface area contributed by atoms with Gasteiger partial charge in [-0.3, -0.25) is 9.69 Å². The highest BCUT2D eigenvalue weighted by Crippen LogP contribution is 2.38. The minimum Gasteiger partial charge on any atom is -0.364 e. The molecule has 2 aliphatic heterocycles. The van der Waals surface area contributed by atoms with Crippen LogP contribution >= 0.6 is 0 Å². The maximum Gasteiger partial charge on any atom is 0.251 e. The van der Waals surface area contributed by atoms with Gasteiger partial charge in [0.25, 0.3) is 6.43 Å². The SMILES string of the molecule is CC(C)(C)S(=O)(=O)C1=CC=C(C(=O)N2CCC3(CC2)CN(CC(F)F)CC(c2ccc(F)cc2)O3)CC=C1. The lowest BCUT2D eigenvalue weighted by molar-refractivity contribution is -0.183. The van der Waals surface area contributed by atoms with E-state index in [2.05, 4.69) is 0 Å². The van der Waals surface area contributed by atoms with E-state index in [-0.39, 0.29) is 29.7 Å². The molecule has 1 atom stereocenters. The van der Waals surface area contributed by atoms with Gasteiger partial charge in [0.05, 0.1) is 27.9 Å². The van der Waals surface area contributed by atoms with Gasteiger partial charge in [-0.2, -0.15) is 0 Å². The summed E-state index contributed by atoms with van der Waals surface area (Å²) in [5.41, 5.74) is 0.519. The number of benzene rings is 1. The monoisotopic (exact) mass is 552 g/mol. The number of allylic oxidation sites excluding steroid dienone is 4. The Labute approximate surface area is 222 Å². The van der Waals surface area contributed by atoms with E-state index in [0.29, 0.717) is 44.5 Å². The average molecular weight is 553 g/mol. The fraction of sp³-hybridized carbons (Fsp3) is 0.536. The van der Waals surface area contributed by atoms with E-state index >= 15 is 0 Å². The van der Waals surface area contributed by atoms with E-state index in [0.717, 1.165) is 5.56 Å². The first-order valence-electron chi connectivity index (χ1n) is 12.8. The summed E-state index contributed by atoms with van der Waals surface area (Å²) >= 11 is 0. The van der Waals surface area contributed by atoms with Crippen molar-refractivity contribution >= 4 is 15.7 Å². The van der Waals surface area contributed by atoms with Crippen molar-refractivity contribution in [3.63, 3.8) is 0 Å². The number of amides is 1. The van der Waals surface area contributed by atoms with Crippen molar-refractivity contribution in [1.29, 1.82) is 0 Å². The molecule has 0 saturated carbocycles. The molecule has 2 fully saturated rings. The van der Waals surface area contributed by atoms with E-state index in [1.807, 2.05) is 0 Å². The molecule has 208 valence electrons. The number of nitrogens with zero attached hydrogens (tertiary/aromatic N) is 2. The van der Waals surface area contributed by atoms with E-state index in [1.165, 1.54) is 18.2 Å². The zero-order valence-corrected chi connectivity index (χ0v) is 22.8. The van der Waals surface area contributed by atoms with Crippen LogP contribution in [-0.4, -0.2) is 73.6 Å². The number of morpholine rings is 1. The van der Waals surface area contributed by atoms with Crippen molar-refractivity contribution < 1.29 is 31.1 Å². The minimum atomic E-state index is -3.55. The number of hydrogen-bond acceptors (Lipinski definition) is 5. The molecule has 1 amide bonds. The smallest absolute Gasteiger partial charge is 0.251 e. The first-order chi connectivity index (χ1) is 17.8. The summed E-state index contributed by atoms with van der Waals surface area (Å²) in [7, 11) is -3.55. The van der Waals surface area contributed by atoms with Crippen LogP contribution < -0.4 is 0 Å². The van der Waals surface area contributed by atoms with Crippen molar-refractivity contribution in [2.24, 2.45) is 0 Å². The first-order valence-corrected chi connectivity index (χ1v) is 14.3. The molecule has 2 saturated heterocycles. The van der Waals surface area contributed by atoms with Crippen LogP contribution in [0, 0.1) is 5.82 Å². The summed E-state index contributed by atoms with van der Waals surface area (Å²) in [6.45, 7) is 5.92. The quantitative estimate of drug-likeness (QED) is 0.525. The molecule has 6 nitrogen and oxygen atoms in total. The summed E-state index contributed by atoms with van der Waals surface area (Å²) in [5, 5.41) is 0. The number of likely N-dealkylation sites (tertiary alicyclic amines) is 1. The van der Waals surface area contributed by atoms with Gasteiger partial charge in [-0.15, -0.1) is 0 Å². The molecule has 38 heavy (non-hydrogen) atoms. The topological polar surface area (TPSA) is 66.9 Å². The zero-order valence-electron chi connectivity index (χ0n) is 22.0. The van der Waals surface area contributed by atoms with E-state index in [4.69, 9.17) is 4.74 Å². The highest BCUT2D eigenvalue weighted by atomic mass is 32.2. The molecule has 0 radical (unpaired) electrons. The predicted molar refractivity (Wildman–Crippen MR) is 140 cm³/mol. The lowest BCUT2D eigenvalue weighted by atomic mass is 9.87. The van der Waals surface area contributed by atoms with Gasteiger partial charge in [-0.05, 0) is 69.9 Å². The average Bonchev–Trinajstić information content (AvgIpc) is 3.10. The lowest BCUT2D eigenvalue weighted by Crippen LogP contribution is -2.58. The van der Waals surface area contributed by atoms with E-state index in [1.54, 1.807) is 60.9 Å². The van der Waals surface area contributed by atoms with Crippen LogP contribution in [0.1, 0.15) is 51.7 Å². The summed E-state index contributed by atoms with van der Waals surface area (Å²) in [6.07, 6.45) is 4.59. The highest BCUT2D eigenvalue weighted by Gasteiger charge is 2.44. The number of carbonyl (C=O) groups excluding carboxylic acids is 1. The number of ether oxygens (including phenoxy) is 1. The maximum atomic E-state index is 13.5. The van der Waals surface area contributed by atoms with Crippen molar-refractivity contribution in [2.45, 2.75) is 62.9 Å². The van der Waals surface area contributed by atoms with Crippen LogP contribution in [0.4, 0.5) is 13.2 Å². The highest BCUT2D eigenvalue weighted by molar-refractivity contribution is 7.96. The van der Waals surface area contributed by atoms with Crippen LogP contribution in [0.3, 0.4) is 0 Å². The lowest BCUT2D eigenvalue weighted by Gasteiger charge is -2.50. The predicted octanol–water partition coefficient (Wildman–Crippen LogP) is 4.81. The molecule has 0 N–H and O–H groups in total. The molecule has 1 spiro atoms. The summed E-state index contributed by atoms with van der Waals surface area (Å²) in [6, 6.07) is 5.90. The summed E-state index contributed by atoms with van der Waals surface area (Å²) < 4.78 is 71.2. The molecule has 1 aromatic carbocycles. The Morgan fingerprint density at radius 3 is 2.39 bits per heavy atom. The van der Waals surface area contributed by atoms with Gasteiger partial charge in [-0.1, -0.05) is 24.3 Å². The number of sulfone groups is 1. The molecule has 10 heteroatoms. The zero-order chi connectivity index (χ0) is 27.7. The second-order valence-corrected chi connectivity index (χ2v) is 13.9. The third-order valence-corrected chi connectivity index (χ3v) is 9.89. The Morgan fingerprint density at radius 1 is 1.13 bits per heavy atom. The Morgan fingerprint density at radius 2 is 1.79 bits per heavy atom. The molecular weight excluding hydrogens is 517 g/mol. The number of hydrogen-bond donors (Lipinski definition) is 0. The normalized spacial score (nSPS) is 22.8. The molecule has 0 bridgehead atoms. The summed E-state index contributed by atoms with van der Waals surface area (Å²) in [5.74, 6) is -0.554.